The molecule has 0 radical (unpaired) electrons. The highest BCUT2D eigenvalue weighted by Gasteiger charge is 2.27. The lowest BCUT2D eigenvalue weighted by Gasteiger charge is -2.35. The molecule has 0 aromatic rings. The van der Waals surface area contributed by atoms with Gasteiger partial charge in [0.2, 0.25) is 0 Å². The van der Waals surface area contributed by atoms with Crippen LogP contribution in [-0.4, -0.2) is 42.3 Å². The van der Waals surface area contributed by atoms with Gasteiger partial charge < -0.3 is 15.0 Å². The van der Waals surface area contributed by atoms with Crippen LogP contribution in [0.1, 0.15) is 52.9 Å². The molecule has 1 aliphatic carbocycles. The average molecular weight is 294 g/mol. The maximum atomic E-state index is 12.1. The molecule has 0 bridgehead atoms. The van der Waals surface area contributed by atoms with Crippen molar-refractivity contribution in [3.63, 3.8) is 0 Å². The van der Waals surface area contributed by atoms with Crippen LogP contribution in [0.25, 0.3) is 0 Å². The Morgan fingerprint density at radius 2 is 2.14 bits per heavy atom. The second kappa shape index (κ2) is 7.30. The van der Waals surface area contributed by atoms with Crippen LogP contribution in [0.4, 0.5) is 4.79 Å². The molecule has 0 aromatic carbocycles. The molecule has 21 heavy (non-hydrogen) atoms. The number of hydrogen-bond acceptors (Lipinski definition) is 3. The Morgan fingerprint density at radius 1 is 1.33 bits per heavy atom. The number of amides is 1. The molecule has 2 atom stereocenters. The fourth-order valence-electron chi connectivity index (χ4n) is 3.01. The van der Waals surface area contributed by atoms with Crippen molar-refractivity contribution >= 4 is 6.09 Å². The van der Waals surface area contributed by atoms with E-state index in [1.165, 1.54) is 19.3 Å². The zero-order valence-corrected chi connectivity index (χ0v) is 13.7. The first-order chi connectivity index (χ1) is 9.94. The van der Waals surface area contributed by atoms with Crippen molar-refractivity contribution in [2.75, 3.05) is 19.6 Å². The molecule has 0 spiro atoms. The Balaban J connectivity index is 1.75. The van der Waals surface area contributed by atoms with Crippen LogP contribution in [-0.2, 0) is 4.74 Å². The van der Waals surface area contributed by atoms with E-state index in [0.29, 0.717) is 6.04 Å². The minimum absolute atomic E-state index is 0.172. The van der Waals surface area contributed by atoms with Crippen LogP contribution in [0.5, 0.6) is 0 Å². The number of ether oxygens (including phenoxy) is 1. The summed E-state index contributed by atoms with van der Waals surface area (Å²) in [6.45, 7) is 8.41. The van der Waals surface area contributed by atoms with E-state index in [-0.39, 0.29) is 6.09 Å². The summed E-state index contributed by atoms with van der Waals surface area (Å²) in [4.78, 5) is 14.0. The normalized spacial score (nSPS) is 26.7. The summed E-state index contributed by atoms with van der Waals surface area (Å²) < 4.78 is 5.47. The van der Waals surface area contributed by atoms with E-state index in [4.69, 9.17) is 4.74 Å². The third kappa shape index (κ3) is 5.70. The molecule has 4 heteroatoms. The van der Waals surface area contributed by atoms with Crippen molar-refractivity contribution < 1.29 is 9.53 Å². The smallest absolute Gasteiger partial charge is 0.410 e. The summed E-state index contributed by atoms with van der Waals surface area (Å²) in [6, 6.07) is 0.414. The molecular weight excluding hydrogens is 264 g/mol. The number of nitrogens with zero attached hydrogens (tertiary/aromatic N) is 1. The summed E-state index contributed by atoms with van der Waals surface area (Å²) >= 11 is 0. The Bertz CT molecular complexity index is 373. The summed E-state index contributed by atoms with van der Waals surface area (Å²) in [5.74, 6) is 0.756. The number of allylic oxidation sites excluding steroid dienone is 2. The van der Waals surface area contributed by atoms with Crippen LogP contribution in [0.15, 0.2) is 12.2 Å². The van der Waals surface area contributed by atoms with Gasteiger partial charge in [-0.25, -0.2) is 4.79 Å². The largest absolute Gasteiger partial charge is 0.444 e. The monoisotopic (exact) mass is 294 g/mol. The van der Waals surface area contributed by atoms with Crippen LogP contribution in [0.2, 0.25) is 0 Å². The van der Waals surface area contributed by atoms with E-state index in [2.05, 4.69) is 17.5 Å². The van der Waals surface area contributed by atoms with Gasteiger partial charge in [-0.15, -0.1) is 0 Å². The van der Waals surface area contributed by atoms with Crippen molar-refractivity contribution in [2.24, 2.45) is 5.92 Å². The fraction of sp³-hybridized carbons (Fsp3) is 0.824. The number of likely N-dealkylation sites (tertiary alicyclic amines) is 1. The van der Waals surface area contributed by atoms with Gasteiger partial charge in [0.05, 0.1) is 0 Å². The lowest BCUT2D eigenvalue weighted by molar-refractivity contribution is 0.0186. The van der Waals surface area contributed by atoms with E-state index in [1.807, 2.05) is 25.7 Å². The molecule has 4 nitrogen and oxygen atoms in total. The molecule has 2 rings (SSSR count). The molecule has 0 saturated carbocycles. The second-order valence-corrected chi connectivity index (χ2v) is 7.32. The molecular formula is C17H30N2O2. The Hall–Kier alpha value is -1.03. The minimum Gasteiger partial charge on any atom is -0.444 e. The molecule has 1 saturated heterocycles. The van der Waals surface area contributed by atoms with Crippen LogP contribution in [0, 0.1) is 5.92 Å². The third-order valence-corrected chi connectivity index (χ3v) is 4.15. The first kappa shape index (κ1) is 16.3. The SMILES string of the molecule is CC(C)(C)OC(=O)N1CCCC(NCC2CC=CCC2)C1. The van der Waals surface area contributed by atoms with Gasteiger partial charge in [0.15, 0.2) is 0 Å². The maximum Gasteiger partial charge on any atom is 0.410 e. The molecule has 2 unspecified atom stereocenters. The van der Waals surface area contributed by atoms with E-state index in [0.717, 1.165) is 38.4 Å². The first-order valence-corrected chi connectivity index (χ1v) is 8.30. The topological polar surface area (TPSA) is 41.6 Å². The Morgan fingerprint density at radius 3 is 2.81 bits per heavy atom. The van der Waals surface area contributed by atoms with Gasteiger partial charge in [-0.05, 0) is 65.3 Å². The standard InChI is InChI=1S/C17H30N2O2/c1-17(2,3)21-16(20)19-11-7-10-15(13-19)18-12-14-8-5-4-6-9-14/h4-5,14-15,18H,6-13H2,1-3H3. The van der Waals surface area contributed by atoms with Crippen molar-refractivity contribution in [1.29, 1.82) is 0 Å². The molecule has 1 N–H and O–H groups in total. The highest BCUT2D eigenvalue weighted by molar-refractivity contribution is 5.68. The van der Waals surface area contributed by atoms with Crippen molar-refractivity contribution in [3.05, 3.63) is 12.2 Å². The molecule has 1 amide bonds. The molecule has 0 aromatic heterocycles. The Labute approximate surface area is 128 Å². The summed E-state index contributed by atoms with van der Waals surface area (Å²) in [5, 5.41) is 3.66. The number of piperidine rings is 1. The minimum atomic E-state index is -0.411. The van der Waals surface area contributed by atoms with Crippen molar-refractivity contribution in [2.45, 2.75) is 64.5 Å². The van der Waals surface area contributed by atoms with Gasteiger partial charge in [-0.3, -0.25) is 0 Å². The molecule has 1 fully saturated rings. The number of carbonyl (C=O) groups is 1. The predicted octanol–water partition coefficient (Wildman–Crippen LogP) is 3.33. The third-order valence-electron chi connectivity index (χ3n) is 4.15. The van der Waals surface area contributed by atoms with Gasteiger partial charge in [0.25, 0.3) is 0 Å². The van der Waals surface area contributed by atoms with Crippen LogP contribution < -0.4 is 5.32 Å². The zero-order chi connectivity index (χ0) is 15.3. The van der Waals surface area contributed by atoms with Gasteiger partial charge >= 0.3 is 6.09 Å². The highest BCUT2D eigenvalue weighted by Crippen LogP contribution is 2.19. The summed E-state index contributed by atoms with van der Waals surface area (Å²) in [5.41, 5.74) is -0.411. The number of hydrogen-bond donors (Lipinski definition) is 1. The molecule has 1 heterocycles. The molecule has 120 valence electrons. The van der Waals surface area contributed by atoms with Gasteiger partial charge in [0.1, 0.15) is 5.60 Å². The van der Waals surface area contributed by atoms with E-state index >= 15 is 0 Å². The van der Waals surface area contributed by atoms with E-state index in [9.17, 15) is 4.79 Å². The number of carbonyl (C=O) groups excluding carboxylic acids is 1. The van der Waals surface area contributed by atoms with Crippen LogP contribution in [0.3, 0.4) is 0 Å². The number of nitrogens with one attached hydrogen (secondary N) is 1. The average Bonchev–Trinajstić information content (AvgIpc) is 2.45. The fourth-order valence-corrected chi connectivity index (χ4v) is 3.01. The van der Waals surface area contributed by atoms with Crippen LogP contribution >= 0.6 is 0 Å². The van der Waals surface area contributed by atoms with E-state index < -0.39 is 5.60 Å². The maximum absolute atomic E-state index is 12.1. The van der Waals surface area contributed by atoms with Crippen molar-refractivity contribution in [1.82, 2.24) is 10.2 Å². The first-order valence-electron chi connectivity index (χ1n) is 8.30. The lowest BCUT2D eigenvalue weighted by atomic mass is 9.94. The predicted molar refractivity (Wildman–Crippen MR) is 85.3 cm³/mol. The molecule has 2 aliphatic rings. The summed E-state index contributed by atoms with van der Waals surface area (Å²) in [7, 11) is 0. The lowest BCUT2D eigenvalue weighted by Crippen LogP contribution is -2.50. The van der Waals surface area contributed by atoms with Gasteiger partial charge in [-0.1, -0.05) is 12.2 Å². The molecule has 1 aliphatic heterocycles. The number of rotatable bonds is 3. The quantitative estimate of drug-likeness (QED) is 0.812. The zero-order valence-electron chi connectivity index (χ0n) is 13.7. The highest BCUT2D eigenvalue weighted by atomic mass is 16.6. The second-order valence-electron chi connectivity index (χ2n) is 7.32. The van der Waals surface area contributed by atoms with Gasteiger partial charge in [0, 0.05) is 19.1 Å². The van der Waals surface area contributed by atoms with Crippen molar-refractivity contribution in [3.8, 4) is 0 Å². The Kier molecular flexibility index (Phi) is 5.68. The van der Waals surface area contributed by atoms with E-state index in [1.54, 1.807) is 0 Å². The van der Waals surface area contributed by atoms with Gasteiger partial charge in [-0.2, -0.15) is 0 Å². The summed E-state index contributed by atoms with van der Waals surface area (Å²) in [6.07, 6.45) is 10.3.